The van der Waals surface area contributed by atoms with Crippen molar-refractivity contribution < 1.29 is 9.59 Å². The quantitative estimate of drug-likeness (QED) is 0.599. The third-order valence-corrected chi connectivity index (χ3v) is 7.28. The molecule has 1 N–H and O–H groups in total. The van der Waals surface area contributed by atoms with Gasteiger partial charge in [-0.05, 0) is 66.9 Å². The fraction of sp³-hybridized carbons (Fsp3) is 0.296. The summed E-state index contributed by atoms with van der Waals surface area (Å²) in [4.78, 5) is 34.5. The number of carbonyl (C=O) groups is 2. The number of amides is 2. The van der Waals surface area contributed by atoms with Gasteiger partial charge in [-0.3, -0.25) is 14.6 Å². The third kappa shape index (κ3) is 4.80. The number of pyridine rings is 1. The van der Waals surface area contributed by atoms with Crippen LogP contribution in [0.2, 0.25) is 0 Å². The van der Waals surface area contributed by atoms with Crippen LogP contribution in [0, 0.1) is 6.92 Å². The third-order valence-electron chi connectivity index (χ3n) is 6.34. The average molecular weight is 473 g/mol. The van der Waals surface area contributed by atoms with Gasteiger partial charge in [0.25, 0.3) is 5.91 Å². The van der Waals surface area contributed by atoms with Gasteiger partial charge in [0, 0.05) is 60.1 Å². The van der Waals surface area contributed by atoms with E-state index in [9.17, 15) is 9.59 Å². The van der Waals surface area contributed by atoms with Gasteiger partial charge >= 0.3 is 0 Å². The Hall–Kier alpha value is -3.32. The fourth-order valence-electron chi connectivity index (χ4n) is 4.59. The first kappa shape index (κ1) is 22.5. The van der Waals surface area contributed by atoms with Crippen molar-refractivity contribution in [2.45, 2.75) is 19.8 Å². The molecule has 0 unspecified atom stereocenters. The summed E-state index contributed by atoms with van der Waals surface area (Å²) in [5.74, 6) is 2.09. The van der Waals surface area contributed by atoms with E-state index in [1.54, 1.807) is 6.20 Å². The molecule has 1 saturated heterocycles. The second-order valence-electron chi connectivity index (χ2n) is 8.71. The lowest BCUT2D eigenvalue weighted by atomic mass is 10.1. The zero-order chi connectivity index (χ0) is 23.5. The van der Waals surface area contributed by atoms with Crippen LogP contribution in [0.15, 0.2) is 60.8 Å². The Labute approximate surface area is 204 Å². The lowest BCUT2D eigenvalue weighted by molar-refractivity contribution is -0.117. The number of anilines is 3. The molecule has 2 aliphatic rings. The number of aryl methyl sites for hydroxylation is 1. The number of nitrogens with one attached hydrogen (secondary N) is 1. The van der Waals surface area contributed by atoms with Crippen molar-refractivity contribution in [1.29, 1.82) is 0 Å². The minimum atomic E-state index is -0.103. The number of fused-ring (bicyclic) bond motifs is 1. The van der Waals surface area contributed by atoms with E-state index in [-0.39, 0.29) is 18.2 Å². The van der Waals surface area contributed by atoms with E-state index in [4.69, 9.17) is 0 Å². The van der Waals surface area contributed by atoms with Crippen molar-refractivity contribution in [3.63, 3.8) is 0 Å². The number of carbonyl (C=O) groups excluding carboxylic acids is 2. The average Bonchev–Trinajstić information content (AvgIpc) is 3.28. The predicted octanol–water partition coefficient (Wildman–Crippen LogP) is 4.33. The maximum absolute atomic E-state index is 13.3. The van der Waals surface area contributed by atoms with Crippen LogP contribution in [0.1, 0.15) is 27.2 Å². The van der Waals surface area contributed by atoms with Crippen LogP contribution in [0.25, 0.3) is 0 Å². The van der Waals surface area contributed by atoms with Crippen molar-refractivity contribution in [3.8, 4) is 0 Å². The number of hydrogen-bond acceptors (Lipinski definition) is 5. The van der Waals surface area contributed by atoms with E-state index >= 15 is 0 Å². The Balaban J connectivity index is 1.31. The zero-order valence-corrected chi connectivity index (χ0v) is 20.1. The highest BCUT2D eigenvalue weighted by molar-refractivity contribution is 7.99. The number of benzene rings is 2. The molecule has 7 heteroatoms. The first-order valence-corrected chi connectivity index (χ1v) is 12.8. The highest BCUT2D eigenvalue weighted by atomic mass is 32.2. The van der Waals surface area contributed by atoms with Crippen LogP contribution < -0.4 is 15.1 Å². The molecule has 0 atom stereocenters. The van der Waals surface area contributed by atoms with Gasteiger partial charge in [-0.1, -0.05) is 12.1 Å². The van der Waals surface area contributed by atoms with Gasteiger partial charge in [-0.2, -0.15) is 11.8 Å². The highest BCUT2D eigenvalue weighted by Gasteiger charge is 2.26. The summed E-state index contributed by atoms with van der Waals surface area (Å²) >= 11 is 1.95. The molecule has 2 amide bonds. The van der Waals surface area contributed by atoms with Crippen LogP contribution in [-0.4, -0.2) is 47.9 Å². The van der Waals surface area contributed by atoms with E-state index < -0.39 is 0 Å². The Bertz CT molecular complexity index is 1210. The van der Waals surface area contributed by atoms with Gasteiger partial charge in [0.05, 0.1) is 12.0 Å². The minimum absolute atomic E-state index is 0.0400. The lowest BCUT2D eigenvalue weighted by Crippen LogP contribution is -2.34. The van der Waals surface area contributed by atoms with Crippen LogP contribution in [-0.2, 0) is 17.6 Å². The molecule has 6 nitrogen and oxygen atoms in total. The van der Waals surface area contributed by atoms with Crippen LogP contribution in [0.3, 0.4) is 0 Å². The molecule has 3 heterocycles. The van der Waals surface area contributed by atoms with Gasteiger partial charge in [-0.15, -0.1) is 0 Å². The molecule has 2 aromatic carbocycles. The Morgan fingerprint density at radius 1 is 1.00 bits per heavy atom. The van der Waals surface area contributed by atoms with E-state index in [1.165, 1.54) is 0 Å². The maximum atomic E-state index is 13.3. The lowest BCUT2D eigenvalue weighted by Gasteiger charge is -2.30. The van der Waals surface area contributed by atoms with Gasteiger partial charge in [-0.25, -0.2) is 0 Å². The summed E-state index contributed by atoms with van der Waals surface area (Å²) < 4.78 is 0. The summed E-state index contributed by atoms with van der Waals surface area (Å²) in [7, 11) is 0. The summed E-state index contributed by atoms with van der Waals surface area (Å²) in [6.07, 6.45) is 2.76. The molecule has 2 aliphatic heterocycles. The predicted molar refractivity (Wildman–Crippen MR) is 139 cm³/mol. The van der Waals surface area contributed by atoms with Crippen molar-refractivity contribution in [2.24, 2.45) is 0 Å². The molecule has 34 heavy (non-hydrogen) atoms. The zero-order valence-electron chi connectivity index (χ0n) is 19.3. The molecular formula is C27H28N4O2S. The normalized spacial score (nSPS) is 15.2. The number of thioether (sulfide) groups is 1. The molecule has 0 aliphatic carbocycles. The topological polar surface area (TPSA) is 65.5 Å². The van der Waals surface area contributed by atoms with Crippen molar-refractivity contribution in [2.75, 3.05) is 46.3 Å². The van der Waals surface area contributed by atoms with Crippen molar-refractivity contribution in [3.05, 3.63) is 83.2 Å². The van der Waals surface area contributed by atoms with Crippen LogP contribution in [0.5, 0.6) is 0 Å². The van der Waals surface area contributed by atoms with E-state index in [2.05, 4.69) is 28.2 Å². The SMILES string of the molecule is Cc1ccc(C(=O)Nc2ccc3c(c2)CCN3C(=O)Cc2ccccn2)c(N2CCSCC2)c1. The Morgan fingerprint density at radius 2 is 1.85 bits per heavy atom. The molecule has 1 fully saturated rings. The molecule has 0 spiro atoms. The van der Waals surface area contributed by atoms with E-state index in [0.29, 0.717) is 12.1 Å². The first-order valence-electron chi connectivity index (χ1n) is 11.7. The van der Waals surface area contributed by atoms with Crippen LogP contribution in [0.4, 0.5) is 17.1 Å². The maximum Gasteiger partial charge on any atom is 0.257 e. The van der Waals surface area contributed by atoms with Gasteiger partial charge in [0.15, 0.2) is 0 Å². The highest BCUT2D eigenvalue weighted by Crippen LogP contribution is 2.32. The summed E-state index contributed by atoms with van der Waals surface area (Å²) in [6.45, 7) is 4.62. The number of nitrogens with zero attached hydrogens (tertiary/aromatic N) is 3. The molecule has 1 aromatic heterocycles. The summed E-state index contributed by atoms with van der Waals surface area (Å²) in [6, 6.07) is 17.5. The molecule has 174 valence electrons. The van der Waals surface area contributed by atoms with Gasteiger partial charge < -0.3 is 15.1 Å². The fourth-order valence-corrected chi connectivity index (χ4v) is 5.49. The number of rotatable bonds is 5. The van der Waals surface area contributed by atoms with Crippen LogP contribution >= 0.6 is 11.8 Å². The molecule has 3 aromatic rings. The second-order valence-corrected chi connectivity index (χ2v) is 9.94. The van der Waals surface area contributed by atoms with E-state index in [0.717, 1.165) is 64.9 Å². The van der Waals surface area contributed by atoms with Crippen molar-refractivity contribution in [1.82, 2.24) is 4.98 Å². The Kier molecular flexibility index (Phi) is 6.54. The number of hydrogen-bond donors (Lipinski definition) is 1. The summed E-state index contributed by atoms with van der Waals surface area (Å²) in [5.41, 5.74) is 6.37. The Morgan fingerprint density at radius 3 is 2.65 bits per heavy atom. The standard InChI is InChI=1S/C27H28N4O2S/c1-19-5-7-23(25(16-19)30-12-14-34-15-13-30)27(33)29-22-6-8-24-20(17-22)9-11-31(24)26(32)18-21-4-2-3-10-28-21/h2-8,10,16-17H,9,11-15,18H2,1H3,(H,29,33). The summed E-state index contributed by atoms with van der Waals surface area (Å²) in [5, 5.41) is 3.09. The largest absolute Gasteiger partial charge is 0.369 e. The first-order chi connectivity index (χ1) is 16.6. The number of aromatic nitrogens is 1. The second kappa shape index (κ2) is 9.89. The van der Waals surface area contributed by atoms with Crippen molar-refractivity contribution >= 4 is 40.6 Å². The molecular weight excluding hydrogens is 444 g/mol. The molecule has 0 radical (unpaired) electrons. The molecule has 5 rings (SSSR count). The van der Waals surface area contributed by atoms with E-state index in [1.807, 2.05) is 65.2 Å². The molecule has 0 bridgehead atoms. The minimum Gasteiger partial charge on any atom is -0.369 e. The van der Waals surface area contributed by atoms with Gasteiger partial charge in [0.2, 0.25) is 5.91 Å². The molecule has 0 saturated carbocycles. The smallest absolute Gasteiger partial charge is 0.257 e. The monoisotopic (exact) mass is 472 g/mol. The van der Waals surface area contributed by atoms with Gasteiger partial charge in [0.1, 0.15) is 0 Å².